The van der Waals surface area contributed by atoms with E-state index in [0.717, 1.165) is 34.6 Å². The fourth-order valence-corrected chi connectivity index (χ4v) is 9.41. The highest BCUT2D eigenvalue weighted by atomic mass is 16.7. The standard InChI is InChI=1S/C41H47NO17/c1-20-15-16-27-26(14-11-17-42-27)37(50)53-18-38(6)28-29(54-22(3)44)34(56-24(5)46)40(19-52-21(2)43)31(47)30(57-36(49)25-12-9-8-10-13-25)33(58-35(20)48)39(7,51)41(40,59-38)32(28)55-23(4)45/h8-14,17,20,28-34,47,51H,15-16,18-19H2,1-7H3/t20?,28-,29?,30?,31?,32?,33+,34?,38+,39+,40?,41+/m1/s1. The Morgan fingerprint density at radius 1 is 0.847 bits per heavy atom. The lowest BCUT2D eigenvalue weighted by Gasteiger charge is -2.67. The van der Waals surface area contributed by atoms with Gasteiger partial charge in [0.05, 0.1) is 28.7 Å². The van der Waals surface area contributed by atoms with Crippen LogP contribution in [0.2, 0.25) is 0 Å². The molecule has 4 bridgehead atoms. The van der Waals surface area contributed by atoms with Crippen LogP contribution in [0, 0.1) is 17.3 Å². The van der Waals surface area contributed by atoms with E-state index in [0.29, 0.717) is 0 Å². The second-order valence-electron chi connectivity index (χ2n) is 15.8. The average Bonchev–Trinajstić information content (AvgIpc) is 3.39. The highest BCUT2D eigenvalue weighted by Crippen LogP contribution is 2.69. The lowest BCUT2D eigenvalue weighted by Crippen LogP contribution is -2.89. The van der Waals surface area contributed by atoms with Gasteiger partial charge in [0.15, 0.2) is 23.9 Å². The number of cyclic esters (lactones) is 1. The van der Waals surface area contributed by atoms with E-state index in [1.54, 1.807) is 6.07 Å². The van der Waals surface area contributed by atoms with Crippen LogP contribution in [0.25, 0.3) is 0 Å². The minimum absolute atomic E-state index is 0.0287. The van der Waals surface area contributed by atoms with Crippen LogP contribution < -0.4 is 0 Å². The summed E-state index contributed by atoms with van der Waals surface area (Å²) in [5.74, 6) is -9.39. The SMILES string of the molecule is CC(=O)OCC12C(O)C(OC(=O)c3ccccc3)[C@@H]3OC(=O)C(C)CCc4ncccc4C(=O)OC[C@]4(C)O[C@@]1(C(OC(C)=O)[C@H]4C(OC(C)=O)C2OC(C)=O)[C@@]3(C)O. The number of hydrogen-bond donors (Lipinski definition) is 2. The maximum absolute atomic E-state index is 14.2. The molecule has 59 heavy (non-hydrogen) atoms. The quantitative estimate of drug-likeness (QED) is 0.297. The molecule has 318 valence electrons. The molecule has 12 atom stereocenters. The summed E-state index contributed by atoms with van der Waals surface area (Å²) in [6, 6.07) is 10.5. The van der Waals surface area contributed by atoms with Gasteiger partial charge in [-0.05, 0) is 51.0 Å². The Kier molecular flexibility index (Phi) is 11.7. The predicted octanol–water partition coefficient (Wildman–Crippen LogP) is 1.59. The number of ether oxygens (including phenoxy) is 8. The first-order chi connectivity index (χ1) is 27.7. The minimum Gasteiger partial charge on any atom is -0.465 e. The van der Waals surface area contributed by atoms with Crippen LogP contribution in [0.4, 0.5) is 0 Å². The summed E-state index contributed by atoms with van der Waals surface area (Å²) < 4.78 is 48.4. The molecule has 2 saturated carbocycles. The van der Waals surface area contributed by atoms with Gasteiger partial charge in [-0.25, -0.2) is 9.59 Å². The number of aliphatic hydroxyl groups excluding tert-OH is 1. The molecule has 3 fully saturated rings. The fraction of sp³-hybridized carbons (Fsp3) is 0.561. The number of benzene rings is 1. The van der Waals surface area contributed by atoms with Crippen molar-refractivity contribution in [3.8, 4) is 0 Å². The number of hydrogen-bond acceptors (Lipinski definition) is 18. The molecule has 7 unspecified atom stereocenters. The molecular weight excluding hydrogens is 778 g/mol. The number of fused-ring (bicyclic) bond motifs is 5. The van der Waals surface area contributed by atoms with E-state index in [-0.39, 0.29) is 29.7 Å². The van der Waals surface area contributed by atoms with Crippen LogP contribution >= 0.6 is 0 Å². The fourth-order valence-electron chi connectivity index (χ4n) is 9.41. The first kappa shape index (κ1) is 43.1. The normalized spacial score (nSPS) is 36.3. The Morgan fingerprint density at radius 2 is 1.49 bits per heavy atom. The molecule has 18 heteroatoms. The highest BCUT2D eigenvalue weighted by Gasteiger charge is 2.91. The van der Waals surface area contributed by atoms with Crippen LogP contribution in [-0.4, -0.2) is 124 Å². The van der Waals surface area contributed by atoms with Crippen molar-refractivity contribution in [2.24, 2.45) is 17.3 Å². The third kappa shape index (κ3) is 7.20. The molecule has 2 aliphatic heterocycles. The van der Waals surface area contributed by atoms with Gasteiger partial charge in [-0.1, -0.05) is 25.1 Å². The summed E-state index contributed by atoms with van der Waals surface area (Å²) in [4.78, 5) is 98.6. The second kappa shape index (κ2) is 16.0. The van der Waals surface area contributed by atoms with Crippen LogP contribution in [0.5, 0.6) is 0 Å². The third-order valence-corrected chi connectivity index (χ3v) is 11.8. The van der Waals surface area contributed by atoms with Crippen molar-refractivity contribution in [2.75, 3.05) is 13.2 Å². The van der Waals surface area contributed by atoms with Crippen molar-refractivity contribution >= 4 is 41.8 Å². The van der Waals surface area contributed by atoms with E-state index in [4.69, 9.17) is 37.9 Å². The highest BCUT2D eigenvalue weighted by molar-refractivity contribution is 5.91. The van der Waals surface area contributed by atoms with Gasteiger partial charge in [-0.2, -0.15) is 0 Å². The zero-order chi connectivity index (χ0) is 43.2. The van der Waals surface area contributed by atoms with Gasteiger partial charge in [0.1, 0.15) is 48.1 Å². The molecule has 2 aliphatic carbocycles. The number of aliphatic hydroxyl groups is 2. The van der Waals surface area contributed by atoms with E-state index in [1.165, 1.54) is 56.4 Å². The van der Waals surface area contributed by atoms with E-state index in [9.17, 15) is 43.8 Å². The van der Waals surface area contributed by atoms with Gasteiger partial charge in [0.2, 0.25) is 0 Å². The molecule has 3 heterocycles. The number of pyridine rings is 1. The van der Waals surface area contributed by atoms with Gasteiger partial charge in [-0.15, -0.1) is 0 Å². The summed E-state index contributed by atoms with van der Waals surface area (Å²) in [6.45, 7) is 6.28. The lowest BCUT2D eigenvalue weighted by atomic mass is 9.45. The maximum atomic E-state index is 14.2. The van der Waals surface area contributed by atoms with Crippen molar-refractivity contribution in [1.29, 1.82) is 0 Å². The molecule has 0 radical (unpaired) electrons. The van der Waals surface area contributed by atoms with Crippen LogP contribution in [-0.2, 0) is 68.3 Å². The topological polar surface area (TPSA) is 247 Å². The third-order valence-electron chi connectivity index (χ3n) is 11.8. The number of esters is 7. The van der Waals surface area contributed by atoms with Crippen LogP contribution in [0.1, 0.15) is 81.3 Å². The Morgan fingerprint density at radius 3 is 2.12 bits per heavy atom. The maximum Gasteiger partial charge on any atom is 0.340 e. The summed E-state index contributed by atoms with van der Waals surface area (Å²) in [5, 5.41) is 26.5. The van der Waals surface area contributed by atoms with Crippen molar-refractivity contribution in [3.05, 3.63) is 65.5 Å². The Hall–Kier alpha value is -5.46. The number of carbonyl (C=O) groups excluding carboxylic acids is 7. The lowest BCUT2D eigenvalue weighted by molar-refractivity contribution is -0.385. The van der Waals surface area contributed by atoms with Gasteiger partial charge >= 0.3 is 41.8 Å². The first-order valence-corrected chi connectivity index (χ1v) is 19.0. The Labute approximate surface area is 338 Å². The van der Waals surface area contributed by atoms with Crippen molar-refractivity contribution in [3.63, 3.8) is 0 Å². The average molecular weight is 826 g/mol. The smallest absolute Gasteiger partial charge is 0.340 e. The molecule has 0 amide bonds. The number of aryl methyl sites for hydroxylation is 1. The Bertz CT molecular complexity index is 2020. The molecule has 18 nitrogen and oxygen atoms in total. The van der Waals surface area contributed by atoms with Gasteiger partial charge in [0, 0.05) is 33.9 Å². The molecule has 6 rings (SSSR count). The predicted molar refractivity (Wildman–Crippen MR) is 196 cm³/mol. The number of nitrogens with zero attached hydrogens (tertiary/aromatic N) is 1. The molecule has 1 aromatic heterocycles. The number of rotatable bonds is 7. The number of carbonyl (C=O) groups is 7. The molecule has 4 aliphatic rings. The van der Waals surface area contributed by atoms with E-state index in [2.05, 4.69) is 4.98 Å². The van der Waals surface area contributed by atoms with Gasteiger partial charge < -0.3 is 48.1 Å². The minimum atomic E-state index is -2.81. The zero-order valence-electron chi connectivity index (χ0n) is 33.5. The summed E-state index contributed by atoms with van der Waals surface area (Å²) in [7, 11) is 0. The molecule has 1 saturated heterocycles. The molecular formula is C41H47NO17. The summed E-state index contributed by atoms with van der Waals surface area (Å²) in [6.07, 6.45) is -10.6. The summed E-state index contributed by atoms with van der Waals surface area (Å²) in [5.41, 5.74) is -9.93. The van der Waals surface area contributed by atoms with Gasteiger partial charge in [-0.3, -0.25) is 29.0 Å². The van der Waals surface area contributed by atoms with E-state index >= 15 is 0 Å². The van der Waals surface area contributed by atoms with Crippen molar-refractivity contribution in [2.45, 2.75) is 115 Å². The molecule has 1 aromatic carbocycles. The Balaban J connectivity index is 1.72. The van der Waals surface area contributed by atoms with E-state index in [1.807, 2.05) is 0 Å². The molecule has 2 aromatic rings. The van der Waals surface area contributed by atoms with Crippen LogP contribution in [0.3, 0.4) is 0 Å². The summed E-state index contributed by atoms with van der Waals surface area (Å²) >= 11 is 0. The monoisotopic (exact) mass is 825 g/mol. The number of aromatic nitrogens is 1. The zero-order valence-corrected chi connectivity index (χ0v) is 33.5. The molecule has 2 N–H and O–H groups in total. The van der Waals surface area contributed by atoms with Crippen molar-refractivity contribution < 1.29 is 81.7 Å². The van der Waals surface area contributed by atoms with E-state index < -0.39 is 126 Å². The van der Waals surface area contributed by atoms with Crippen molar-refractivity contribution in [1.82, 2.24) is 4.98 Å². The molecule has 1 spiro atoms. The first-order valence-electron chi connectivity index (χ1n) is 19.0. The van der Waals surface area contributed by atoms with Gasteiger partial charge in [0.25, 0.3) is 0 Å². The largest absolute Gasteiger partial charge is 0.465 e. The second-order valence-corrected chi connectivity index (χ2v) is 15.8. The van der Waals surface area contributed by atoms with Crippen LogP contribution in [0.15, 0.2) is 48.7 Å².